The molecule has 1 amide bonds. The predicted octanol–water partition coefficient (Wildman–Crippen LogP) is 3.03. The van der Waals surface area contributed by atoms with Gasteiger partial charge in [-0.1, -0.05) is 18.2 Å². The molecule has 0 saturated heterocycles. The van der Waals surface area contributed by atoms with Gasteiger partial charge in [-0.15, -0.1) is 11.3 Å². The van der Waals surface area contributed by atoms with Crippen LogP contribution in [0.5, 0.6) is 0 Å². The first-order chi connectivity index (χ1) is 12.8. The Morgan fingerprint density at radius 2 is 1.93 bits per heavy atom. The number of hydrogen-bond acceptors (Lipinski definition) is 6. The van der Waals surface area contributed by atoms with Gasteiger partial charge >= 0.3 is 0 Å². The number of sulfone groups is 1. The van der Waals surface area contributed by atoms with E-state index in [9.17, 15) is 13.2 Å². The minimum atomic E-state index is -3.23. The number of carbonyl (C=O) groups is 1. The molecule has 0 bridgehead atoms. The van der Waals surface area contributed by atoms with Crippen LogP contribution >= 0.6 is 11.3 Å². The summed E-state index contributed by atoms with van der Waals surface area (Å²) >= 11 is 1.45. The summed E-state index contributed by atoms with van der Waals surface area (Å²) in [6.07, 6.45) is 3.05. The van der Waals surface area contributed by atoms with E-state index in [4.69, 9.17) is 0 Å². The van der Waals surface area contributed by atoms with Gasteiger partial charge in [-0.05, 0) is 36.8 Å². The molecule has 0 aliphatic heterocycles. The quantitative estimate of drug-likeness (QED) is 0.686. The highest BCUT2D eigenvalue weighted by atomic mass is 32.2. The van der Waals surface area contributed by atoms with Crippen LogP contribution in [0.15, 0.2) is 58.9 Å². The number of aromatic nitrogens is 2. The standard InChI is InChI=1S/C19H19N3O3S2/c1-13(14-6-8-16(9-7-14)27(2,24)25)21-18(23)11-15-12-26-19(22-15)17-5-3-4-10-20-17/h3-10,12-13H,11H2,1-2H3,(H,21,23)/t13-/m1/s1. The van der Waals surface area contributed by atoms with E-state index in [2.05, 4.69) is 15.3 Å². The lowest BCUT2D eigenvalue weighted by Crippen LogP contribution is -2.28. The second-order valence-electron chi connectivity index (χ2n) is 6.17. The molecule has 0 spiro atoms. The van der Waals surface area contributed by atoms with Crippen molar-refractivity contribution in [1.82, 2.24) is 15.3 Å². The molecule has 3 rings (SSSR count). The molecule has 27 heavy (non-hydrogen) atoms. The van der Waals surface area contributed by atoms with E-state index in [0.717, 1.165) is 16.3 Å². The Morgan fingerprint density at radius 1 is 1.19 bits per heavy atom. The number of thiazole rings is 1. The van der Waals surface area contributed by atoms with Crippen LogP contribution in [-0.2, 0) is 21.1 Å². The van der Waals surface area contributed by atoms with E-state index >= 15 is 0 Å². The maximum absolute atomic E-state index is 12.3. The molecule has 0 saturated carbocycles. The first-order valence-corrected chi connectivity index (χ1v) is 11.1. The number of pyridine rings is 1. The molecular formula is C19H19N3O3S2. The molecule has 2 heterocycles. The fraction of sp³-hybridized carbons (Fsp3) is 0.211. The van der Waals surface area contributed by atoms with E-state index < -0.39 is 9.84 Å². The molecule has 140 valence electrons. The Labute approximate surface area is 162 Å². The Bertz CT molecular complexity index is 1030. The molecule has 1 aromatic carbocycles. The summed E-state index contributed by atoms with van der Waals surface area (Å²) in [7, 11) is -3.23. The van der Waals surface area contributed by atoms with Crippen LogP contribution in [0.1, 0.15) is 24.2 Å². The monoisotopic (exact) mass is 401 g/mol. The Balaban J connectivity index is 1.61. The molecule has 1 N–H and O–H groups in total. The van der Waals surface area contributed by atoms with Crippen LogP contribution in [0, 0.1) is 0 Å². The fourth-order valence-electron chi connectivity index (χ4n) is 2.54. The smallest absolute Gasteiger partial charge is 0.226 e. The van der Waals surface area contributed by atoms with Gasteiger partial charge in [0, 0.05) is 17.8 Å². The van der Waals surface area contributed by atoms with Crippen LogP contribution in [0.2, 0.25) is 0 Å². The van der Waals surface area contributed by atoms with Gasteiger partial charge in [0.05, 0.1) is 28.7 Å². The van der Waals surface area contributed by atoms with Crippen LogP contribution in [0.25, 0.3) is 10.7 Å². The Hall–Kier alpha value is -2.58. The highest BCUT2D eigenvalue weighted by Crippen LogP contribution is 2.22. The SMILES string of the molecule is C[C@@H](NC(=O)Cc1csc(-c2ccccn2)n1)c1ccc(S(C)(=O)=O)cc1. The van der Waals surface area contributed by atoms with Gasteiger partial charge in [-0.25, -0.2) is 13.4 Å². The first kappa shape index (κ1) is 19.2. The van der Waals surface area contributed by atoms with Crippen molar-refractivity contribution in [2.45, 2.75) is 24.3 Å². The number of nitrogens with one attached hydrogen (secondary N) is 1. The minimum absolute atomic E-state index is 0.146. The van der Waals surface area contributed by atoms with Crippen molar-refractivity contribution in [3.05, 3.63) is 65.3 Å². The van der Waals surface area contributed by atoms with Gasteiger partial charge in [-0.3, -0.25) is 9.78 Å². The number of nitrogens with zero attached hydrogens (tertiary/aromatic N) is 2. The summed E-state index contributed by atoms with van der Waals surface area (Å²) in [5, 5.41) is 5.55. The first-order valence-electron chi connectivity index (χ1n) is 8.28. The van der Waals surface area contributed by atoms with E-state index in [-0.39, 0.29) is 23.3 Å². The third-order valence-electron chi connectivity index (χ3n) is 3.96. The third kappa shape index (κ3) is 4.99. The summed E-state index contributed by atoms with van der Waals surface area (Å²) in [6, 6.07) is 11.9. The van der Waals surface area contributed by atoms with Crippen LogP contribution in [-0.4, -0.2) is 30.5 Å². The van der Waals surface area contributed by atoms with Gasteiger partial charge in [0.2, 0.25) is 5.91 Å². The lowest BCUT2D eigenvalue weighted by atomic mass is 10.1. The van der Waals surface area contributed by atoms with Crippen molar-refractivity contribution in [3.63, 3.8) is 0 Å². The van der Waals surface area contributed by atoms with E-state index in [1.165, 1.54) is 17.6 Å². The van der Waals surface area contributed by atoms with Crippen molar-refractivity contribution in [1.29, 1.82) is 0 Å². The highest BCUT2D eigenvalue weighted by Gasteiger charge is 2.14. The van der Waals surface area contributed by atoms with Crippen LogP contribution in [0.4, 0.5) is 0 Å². The zero-order chi connectivity index (χ0) is 19.4. The number of hydrogen-bond donors (Lipinski definition) is 1. The summed E-state index contributed by atoms with van der Waals surface area (Å²) in [4.78, 5) is 21.3. The summed E-state index contributed by atoms with van der Waals surface area (Å²) < 4.78 is 23.0. The highest BCUT2D eigenvalue weighted by molar-refractivity contribution is 7.90. The second kappa shape index (κ2) is 7.98. The molecule has 1 atom stereocenters. The molecule has 2 aromatic heterocycles. The van der Waals surface area contributed by atoms with E-state index in [1.54, 1.807) is 30.5 Å². The molecule has 6 nitrogen and oxygen atoms in total. The molecule has 0 aliphatic carbocycles. The third-order valence-corrected chi connectivity index (χ3v) is 6.01. The number of rotatable bonds is 6. The van der Waals surface area contributed by atoms with Crippen molar-refractivity contribution in [2.24, 2.45) is 0 Å². The van der Waals surface area contributed by atoms with Crippen molar-refractivity contribution in [2.75, 3.05) is 6.26 Å². The lowest BCUT2D eigenvalue weighted by molar-refractivity contribution is -0.121. The topological polar surface area (TPSA) is 89.0 Å². The normalized spacial score (nSPS) is 12.5. The second-order valence-corrected chi connectivity index (χ2v) is 9.04. The summed E-state index contributed by atoms with van der Waals surface area (Å²) in [5.41, 5.74) is 2.31. The van der Waals surface area contributed by atoms with Crippen molar-refractivity contribution >= 4 is 27.1 Å². The van der Waals surface area contributed by atoms with Crippen LogP contribution in [0.3, 0.4) is 0 Å². The molecule has 8 heteroatoms. The van der Waals surface area contributed by atoms with Gasteiger partial charge in [0.25, 0.3) is 0 Å². The maximum atomic E-state index is 12.3. The number of carbonyl (C=O) groups excluding carboxylic acids is 1. The van der Waals surface area contributed by atoms with E-state index in [0.29, 0.717) is 5.69 Å². The molecule has 3 aromatic rings. The molecule has 0 radical (unpaired) electrons. The number of benzene rings is 1. The Morgan fingerprint density at radius 3 is 2.56 bits per heavy atom. The largest absolute Gasteiger partial charge is 0.349 e. The number of amides is 1. The average molecular weight is 402 g/mol. The zero-order valence-electron chi connectivity index (χ0n) is 14.9. The van der Waals surface area contributed by atoms with Crippen LogP contribution < -0.4 is 5.32 Å². The lowest BCUT2D eigenvalue weighted by Gasteiger charge is -2.14. The van der Waals surface area contributed by atoms with Gasteiger partial charge < -0.3 is 5.32 Å². The van der Waals surface area contributed by atoms with Gasteiger partial charge in [-0.2, -0.15) is 0 Å². The summed E-state index contributed by atoms with van der Waals surface area (Å²) in [6.45, 7) is 1.85. The predicted molar refractivity (Wildman–Crippen MR) is 105 cm³/mol. The summed E-state index contributed by atoms with van der Waals surface area (Å²) in [5.74, 6) is -0.146. The van der Waals surface area contributed by atoms with Gasteiger partial charge in [0.15, 0.2) is 9.84 Å². The molecule has 0 unspecified atom stereocenters. The van der Waals surface area contributed by atoms with Crippen molar-refractivity contribution < 1.29 is 13.2 Å². The molecule has 0 fully saturated rings. The zero-order valence-corrected chi connectivity index (χ0v) is 16.5. The molecule has 0 aliphatic rings. The van der Waals surface area contributed by atoms with E-state index in [1.807, 2.05) is 30.5 Å². The van der Waals surface area contributed by atoms with Gasteiger partial charge in [0.1, 0.15) is 5.01 Å². The minimum Gasteiger partial charge on any atom is -0.349 e. The maximum Gasteiger partial charge on any atom is 0.226 e. The average Bonchev–Trinajstić information content (AvgIpc) is 3.10. The fourth-order valence-corrected chi connectivity index (χ4v) is 3.96. The van der Waals surface area contributed by atoms with Crippen molar-refractivity contribution in [3.8, 4) is 10.7 Å². The Kier molecular flexibility index (Phi) is 5.67. The molecular weight excluding hydrogens is 382 g/mol.